The highest BCUT2D eigenvalue weighted by molar-refractivity contribution is 7.80. The second-order valence-corrected chi connectivity index (χ2v) is 5.01. The quantitative estimate of drug-likeness (QED) is 0.489. The molecule has 1 fully saturated rings. The van der Waals surface area contributed by atoms with E-state index < -0.39 is 5.41 Å². The molecule has 2 N–H and O–H groups in total. The predicted molar refractivity (Wildman–Crippen MR) is 77.5 cm³/mol. The van der Waals surface area contributed by atoms with Gasteiger partial charge in [0.2, 0.25) is 0 Å². The predicted octanol–water partition coefficient (Wildman–Crippen LogP) is 2.88. The van der Waals surface area contributed by atoms with Crippen molar-refractivity contribution < 1.29 is 5.21 Å². The lowest BCUT2D eigenvalue weighted by molar-refractivity contribution is 0.310. The first kappa shape index (κ1) is 13.0. The van der Waals surface area contributed by atoms with Crippen LogP contribution in [-0.2, 0) is 5.41 Å². The summed E-state index contributed by atoms with van der Waals surface area (Å²) in [6.45, 7) is 0. The number of nitrogens with zero attached hydrogens (tertiary/aromatic N) is 1. The van der Waals surface area contributed by atoms with E-state index in [1.54, 1.807) is 0 Å². The molecule has 0 spiro atoms. The van der Waals surface area contributed by atoms with Gasteiger partial charge >= 0.3 is 0 Å². The molecule has 96 valence electrons. The molecule has 1 aromatic rings. The van der Waals surface area contributed by atoms with E-state index in [9.17, 15) is 5.21 Å². The Hall–Kier alpha value is -1.42. The fourth-order valence-electron chi connectivity index (χ4n) is 2.80. The number of rotatable bonds is 2. The van der Waals surface area contributed by atoms with Crippen LogP contribution in [0.3, 0.4) is 0 Å². The zero-order chi connectivity index (χ0) is 13.0. The first-order chi connectivity index (χ1) is 8.75. The Bertz CT molecular complexity index is 458. The Balaban J connectivity index is 2.56. The number of likely N-dealkylation sites (N-methyl/N-ethyl adjacent to an activating group) is 1. The Kier molecular flexibility index (Phi) is 3.97. The van der Waals surface area contributed by atoms with Crippen molar-refractivity contribution in [3.8, 4) is 0 Å². The van der Waals surface area contributed by atoms with E-state index in [1.165, 1.54) is 0 Å². The Morgan fingerprint density at radius 1 is 1.33 bits per heavy atom. The molecule has 0 aromatic heterocycles. The lowest BCUT2D eigenvalue weighted by Crippen LogP contribution is -2.49. The smallest absolute Gasteiger partial charge is 0.0916 e. The summed E-state index contributed by atoms with van der Waals surface area (Å²) in [7, 11) is 1.83. The molecule has 0 saturated heterocycles. The van der Waals surface area contributed by atoms with Crippen molar-refractivity contribution >= 4 is 22.9 Å². The number of hydrogen-bond donors (Lipinski definition) is 2. The lowest BCUT2D eigenvalue weighted by atomic mass is 9.67. The van der Waals surface area contributed by atoms with Crippen molar-refractivity contribution in [2.24, 2.45) is 5.16 Å². The Morgan fingerprint density at radius 2 is 2.06 bits per heavy atom. The molecule has 1 unspecified atom stereocenters. The third-order valence-corrected chi connectivity index (χ3v) is 4.26. The first-order valence-corrected chi connectivity index (χ1v) is 6.65. The molecule has 1 aromatic carbocycles. The van der Waals surface area contributed by atoms with E-state index in [-0.39, 0.29) is 0 Å². The van der Waals surface area contributed by atoms with E-state index in [4.69, 9.17) is 12.2 Å². The van der Waals surface area contributed by atoms with Crippen LogP contribution in [0.4, 0.5) is 0 Å². The summed E-state index contributed by atoms with van der Waals surface area (Å²) in [5, 5.41) is 15.9. The third kappa shape index (κ3) is 2.01. The molecule has 0 amide bonds. The highest BCUT2D eigenvalue weighted by Gasteiger charge is 2.43. The van der Waals surface area contributed by atoms with Crippen LogP contribution in [0.25, 0.3) is 0 Å². The van der Waals surface area contributed by atoms with Crippen LogP contribution in [0.15, 0.2) is 35.5 Å². The first-order valence-electron chi connectivity index (χ1n) is 6.25. The second kappa shape index (κ2) is 5.48. The summed E-state index contributed by atoms with van der Waals surface area (Å²) < 4.78 is 0. The topological polar surface area (TPSA) is 44.6 Å². The molecule has 0 bridgehead atoms. The number of thiocarbonyl (C=S) groups is 1. The Labute approximate surface area is 113 Å². The average Bonchev–Trinajstić information content (AvgIpc) is 2.47. The van der Waals surface area contributed by atoms with E-state index in [1.807, 2.05) is 25.2 Å². The van der Waals surface area contributed by atoms with Gasteiger partial charge in [0, 0.05) is 7.05 Å². The van der Waals surface area contributed by atoms with Crippen molar-refractivity contribution in [2.75, 3.05) is 7.05 Å². The van der Waals surface area contributed by atoms with E-state index >= 15 is 0 Å². The summed E-state index contributed by atoms with van der Waals surface area (Å²) >= 11 is 5.51. The molecule has 3 nitrogen and oxygen atoms in total. The van der Waals surface area contributed by atoms with Crippen molar-refractivity contribution in [1.82, 2.24) is 5.32 Å². The summed E-state index contributed by atoms with van der Waals surface area (Å²) in [6, 6.07) is 10.1. The maximum atomic E-state index is 9.33. The van der Waals surface area contributed by atoms with Crippen LogP contribution in [0.1, 0.15) is 31.2 Å². The molecular formula is C14H18N2OS. The van der Waals surface area contributed by atoms with Crippen LogP contribution < -0.4 is 5.32 Å². The minimum absolute atomic E-state index is 0.432. The number of oxime groups is 1. The van der Waals surface area contributed by atoms with Gasteiger partial charge in [-0.25, -0.2) is 0 Å². The van der Waals surface area contributed by atoms with Crippen LogP contribution in [0.5, 0.6) is 0 Å². The molecule has 18 heavy (non-hydrogen) atoms. The maximum absolute atomic E-state index is 9.33. The fraction of sp³-hybridized carbons (Fsp3) is 0.429. The van der Waals surface area contributed by atoms with Gasteiger partial charge in [0.15, 0.2) is 0 Å². The average molecular weight is 262 g/mol. The highest BCUT2D eigenvalue weighted by Crippen LogP contribution is 2.38. The van der Waals surface area contributed by atoms with E-state index in [0.717, 1.165) is 41.9 Å². The van der Waals surface area contributed by atoms with Gasteiger partial charge in [-0.05, 0) is 24.8 Å². The van der Waals surface area contributed by atoms with Crippen molar-refractivity contribution in [2.45, 2.75) is 31.1 Å². The standard InChI is InChI=1S/C14H18N2OS/c1-15-13(18)14(11-7-3-2-4-8-11)10-6-5-9-12(14)16-17/h2-4,7-8,17H,5-6,9-10H2,1H3,(H,15,18)/b16-12+. The van der Waals surface area contributed by atoms with Gasteiger partial charge in [-0.1, -0.05) is 54.1 Å². The van der Waals surface area contributed by atoms with Gasteiger partial charge in [0.1, 0.15) is 0 Å². The van der Waals surface area contributed by atoms with Gasteiger partial charge in [-0.15, -0.1) is 0 Å². The van der Waals surface area contributed by atoms with Crippen molar-refractivity contribution in [1.29, 1.82) is 0 Å². The van der Waals surface area contributed by atoms with Crippen LogP contribution in [0.2, 0.25) is 0 Å². The van der Waals surface area contributed by atoms with Crippen LogP contribution >= 0.6 is 12.2 Å². The molecular weight excluding hydrogens is 244 g/mol. The van der Waals surface area contributed by atoms with E-state index in [2.05, 4.69) is 22.6 Å². The summed E-state index contributed by atoms with van der Waals surface area (Å²) in [6.07, 6.45) is 3.85. The highest BCUT2D eigenvalue weighted by atomic mass is 32.1. The largest absolute Gasteiger partial charge is 0.411 e. The van der Waals surface area contributed by atoms with Crippen LogP contribution in [0, 0.1) is 0 Å². The zero-order valence-corrected chi connectivity index (χ0v) is 11.3. The second-order valence-electron chi connectivity index (χ2n) is 4.60. The molecule has 1 atom stereocenters. The summed E-state index contributed by atoms with van der Waals surface area (Å²) in [5.74, 6) is 0. The SMILES string of the molecule is CNC(=S)C1(c2ccccc2)CCCC/C1=N\O. The third-order valence-electron chi connectivity index (χ3n) is 3.71. The van der Waals surface area contributed by atoms with Gasteiger partial charge < -0.3 is 10.5 Å². The van der Waals surface area contributed by atoms with Gasteiger partial charge in [-0.2, -0.15) is 0 Å². The molecule has 0 aliphatic heterocycles. The van der Waals surface area contributed by atoms with Crippen molar-refractivity contribution in [3.05, 3.63) is 35.9 Å². The maximum Gasteiger partial charge on any atom is 0.0916 e. The normalized spacial score (nSPS) is 25.9. The molecule has 2 rings (SSSR count). The van der Waals surface area contributed by atoms with E-state index in [0.29, 0.717) is 0 Å². The van der Waals surface area contributed by atoms with Gasteiger partial charge in [0.25, 0.3) is 0 Å². The minimum Gasteiger partial charge on any atom is -0.411 e. The summed E-state index contributed by atoms with van der Waals surface area (Å²) in [5.41, 5.74) is 1.45. The summed E-state index contributed by atoms with van der Waals surface area (Å²) in [4.78, 5) is 0.737. The monoisotopic (exact) mass is 262 g/mol. The minimum atomic E-state index is -0.432. The zero-order valence-electron chi connectivity index (χ0n) is 10.5. The molecule has 1 aliphatic rings. The van der Waals surface area contributed by atoms with Gasteiger partial charge in [-0.3, -0.25) is 0 Å². The number of nitrogens with one attached hydrogen (secondary N) is 1. The molecule has 1 saturated carbocycles. The Morgan fingerprint density at radius 3 is 2.67 bits per heavy atom. The fourth-order valence-corrected chi connectivity index (χ4v) is 3.14. The molecule has 4 heteroatoms. The van der Waals surface area contributed by atoms with Crippen molar-refractivity contribution in [3.63, 3.8) is 0 Å². The van der Waals surface area contributed by atoms with Crippen LogP contribution in [-0.4, -0.2) is 23.0 Å². The molecule has 0 radical (unpaired) electrons. The molecule has 0 heterocycles. The number of benzene rings is 1. The number of hydrogen-bond acceptors (Lipinski definition) is 3. The lowest BCUT2D eigenvalue weighted by Gasteiger charge is -2.38. The molecule has 1 aliphatic carbocycles. The van der Waals surface area contributed by atoms with Gasteiger partial charge in [0.05, 0.1) is 16.1 Å².